The van der Waals surface area contributed by atoms with Crippen LogP contribution in [0.3, 0.4) is 0 Å². The maximum Gasteiger partial charge on any atom is 0.0998 e. The van der Waals surface area contributed by atoms with E-state index < -0.39 is 0 Å². The smallest absolute Gasteiger partial charge is 0.0998 e. The van der Waals surface area contributed by atoms with Crippen LogP contribution in [0.15, 0.2) is 170 Å². The van der Waals surface area contributed by atoms with Gasteiger partial charge in [-0.05, 0) is 155 Å². The van der Waals surface area contributed by atoms with Gasteiger partial charge >= 0.3 is 0 Å². The summed E-state index contributed by atoms with van der Waals surface area (Å²) >= 11 is 0. The summed E-state index contributed by atoms with van der Waals surface area (Å²) in [6.45, 7) is 14.1. The minimum absolute atomic E-state index is 0.195. The highest BCUT2D eigenvalue weighted by Crippen LogP contribution is 2.50. The van der Waals surface area contributed by atoms with E-state index in [1.54, 1.807) is 0 Å². The van der Waals surface area contributed by atoms with Crippen molar-refractivity contribution in [2.24, 2.45) is 0 Å². The second kappa shape index (κ2) is 14.0. The molecule has 0 saturated heterocycles. The molecule has 0 spiro atoms. The minimum Gasteiger partial charge on any atom is -0.309 e. The van der Waals surface area contributed by atoms with Crippen molar-refractivity contribution in [2.45, 2.75) is 52.4 Å². The molecular weight excluding hydrogens is 825 g/mol. The van der Waals surface area contributed by atoms with Crippen LogP contribution >= 0.6 is 0 Å². The Morgan fingerprint density at radius 1 is 0.338 bits per heavy atom. The van der Waals surface area contributed by atoms with Crippen LogP contribution in [0.2, 0.25) is 0 Å². The average Bonchev–Trinajstić information content (AvgIpc) is 3.87. The molecule has 4 nitrogen and oxygen atoms in total. The second-order valence-electron chi connectivity index (χ2n) is 20.7. The largest absolute Gasteiger partial charge is 0.309 e. The molecule has 0 aliphatic carbocycles. The molecule has 0 unspecified atom stereocenters. The van der Waals surface area contributed by atoms with Crippen molar-refractivity contribution in [1.82, 2.24) is 9.13 Å². The molecule has 0 N–H and O–H groups in total. The Bertz CT molecular complexity index is 4330. The van der Waals surface area contributed by atoms with Gasteiger partial charge in [-0.15, -0.1) is 0 Å². The van der Waals surface area contributed by atoms with Crippen LogP contribution in [-0.2, 0) is 10.8 Å². The molecule has 13 aromatic rings. The number of nitrogens with zero attached hydrogens (tertiary/aromatic N) is 4. The van der Waals surface area contributed by atoms with E-state index in [4.69, 9.17) is 0 Å². The molecule has 0 amide bonds. The van der Waals surface area contributed by atoms with E-state index in [1.807, 2.05) is 12.1 Å². The summed E-state index contributed by atoms with van der Waals surface area (Å²) in [5.74, 6) is 0. The summed E-state index contributed by atoms with van der Waals surface area (Å²) in [6, 6.07) is 66.4. The lowest BCUT2D eigenvalue weighted by atomic mass is 9.73. The second-order valence-corrected chi connectivity index (χ2v) is 20.7. The monoisotopic (exact) mass is 870 g/mol. The first-order valence-corrected chi connectivity index (χ1v) is 23.6. The van der Waals surface area contributed by atoms with Crippen LogP contribution in [0.25, 0.3) is 120 Å². The van der Waals surface area contributed by atoms with Crippen molar-refractivity contribution in [3.8, 4) is 45.8 Å². The van der Waals surface area contributed by atoms with Crippen LogP contribution in [0.4, 0.5) is 0 Å². The Balaban J connectivity index is 1.07. The van der Waals surface area contributed by atoms with Crippen molar-refractivity contribution in [1.29, 1.82) is 10.5 Å². The number of hydrogen-bond acceptors (Lipinski definition) is 2. The zero-order valence-corrected chi connectivity index (χ0v) is 39.0. The first-order chi connectivity index (χ1) is 32.9. The lowest BCUT2D eigenvalue weighted by Crippen LogP contribution is -2.17. The lowest BCUT2D eigenvalue weighted by molar-refractivity contribution is 0.593. The molecule has 0 aliphatic heterocycles. The van der Waals surface area contributed by atoms with Gasteiger partial charge in [-0.2, -0.15) is 10.5 Å². The maximum atomic E-state index is 10.5. The maximum absolute atomic E-state index is 10.5. The van der Waals surface area contributed by atoms with E-state index in [2.05, 4.69) is 221 Å². The van der Waals surface area contributed by atoms with Crippen LogP contribution < -0.4 is 0 Å². The quantitative estimate of drug-likeness (QED) is 0.131. The zero-order valence-electron chi connectivity index (χ0n) is 39.0. The first-order valence-electron chi connectivity index (χ1n) is 23.6. The highest BCUT2D eigenvalue weighted by molar-refractivity contribution is 6.29. The van der Waals surface area contributed by atoms with Crippen molar-refractivity contribution >= 4 is 86.7 Å². The van der Waals surface area contributed by atoms with Crippen LogP contribution in [0.1, 0.15) is 63.8 Å². The third-order valence-corrected chi connectivity index (χ3v) is 14.7. The Labute approximate surface area is 394 Å². The highest BCUT2D eigenvalue weighted by atomic mass is 15.0. The number of hydrogen-bond donors (Lipinski definition) is 0. The van der Waals surface area contributed by atoms with E-state index in [0.29, 0.717) is 11.1 Å². The van der Waals surface area contributed by atoms with Crippen molar-refractivity contribution < 1.29 is 0 Å². The SMILES string of the molecule is CC(C)(C)c1c2ccc(-c3cc4c(C#N)ccc5c4c4c3cccc4n5-c3ccccc3)cc2c(C(C)(C)C)c2ccc(-c3ccc4c5c3ccc3c(C#N)ccc(c35)n4-c3ccccc3)cc12. The molecule has 13 rings (SSSR count). The normalized spacial score (nSPS) is 12.5. The molecule has 0 atom stereocenters. The average molecular weight is 871 g/mol. The fourth-order valence-corrected chi connectivity index (χ4v) is 12.1. The highest BCUT2D eigenvalue weighted by Gasteiger charge is 2.30. The fraction of sp³-hybridized carbons (Fsp3) is 0.125. The molecule has 0 saturated carbocycles. The van der Waals surface area contributed by atoms with Crippen molar-refractivity contribution in [2.75, 3.05) is 0 Å². The molecule has 0 aliphatic rings. The molecule has 322 valence electrons. The third-order valence-electron chi connectivity index (χ3n) is 14.7. The minimum atomic E-state index is -0.199. The van der Waals surface area contributed by atoms with Gasteiger partial charge in [-0.3, -0.25) is 0 Å². The van der Waals surface area contributed by atoms with Gasteiger partial charge in [-0.25, -0.2) is 0 Å². The summed E-state index contributed by atoms with van der Waals surface area (Å²) < 4.78 is 4.69. The Morgan fingerprint density at radius 3 is 1.29 bits per heavy atom. The van der Waals surface area contributed by atoms with Crippen LogP contribution in [0.5, 0.6) is 0 Å². The topological polar surface area (TPSA) is 57.4 Å². The molecule has 0 radical (unpaired) electrons. The number of aromatic nitrogens is 2. The van der Waals surface area contributed by atoms with E-state index in [-0.39, 0.29) is 10.8 Å². The summed E-state index contributed by atoms with van der Waals surface area (Å²) in [7, 11) is 0. The third kappa shape index (κ3) is 5.46. The molecule has 0 fully saturated rings. The number of nitriles is 2. The van der Waals surface area contributed by atoms with E-state index in [0.717, 1.165) is 66.1 Å². The fourth-order valence-electron chi connectivity index (χ4n) is 12.1. The van der Waals surface area contributed by atoms with Gasteiger partial charge in [0, 0.05) is 43.7 Å². The Hall–Kier alpha value is -8.44. The van der Waals surface area contributed by atoms with Crippen LogP contribution in [0, 0.1) is 22.7 Å². The molecule has 0 bridgehead atoms. The van der Waals surface area contributed by atoms with E-state index in [1.165, 1.54) is 65.3 Å². The van der Waals surface area contributed by atoms with Gasteiger partial charge in [0.15, 0.2) is 0 Å². The number of fused-ring (bicyclic) bond motifs is 2. The van der Waals surface area contributed by atoms with E-state index >= 15 is 0 Å². The van der Waals surface area contributed by atoms with Gasteiger partial charge in [0.1, 0.15) is 0 Å². The van der Waals surface area contributed by atoms with Gasteiger partial charge in [0.2, 0.25) is 0 Å². The standard InChI is InChI=1S/C64H46N4/c1-63(2,3)61-48-25-21-38(49-34-50-40(36-66)23-30-55-60(50)58-45(49)18-13-19-53(58)67(55)41-14-9-7-10-15-41)33-52(48)62(64(4,5)6)47-24-20-37(32-51(47)61)43-28-31-56-59-46(43)27-26-44-39(35-65)22-29-54(57(44)59)68(56)42-16-11-8-12-17-42/h7-34H,1-6H3. The molecular formula is C64H46N4. The number of benzene rings is 11. The summed E-state index contributed by atoms with van der Waals surface area (Å²) in [4.78, 5) is 0. The van der Waals surface area contributed by atoms with Crippen molar-refractivity contribution in [3.63, 3.8) is 0 Å². The number of rotatable bonds is 4. The first kappa shape index (κ1) is 39.9. The zero-order chi connectivity index (χ0) is 46.4. The predicted molar refractivity (Wildman–Crippen MR) is 285 cm³/mol. The number of para-hydroxylation sites is 2. The molecule has 68 heavy (non-hydrogen) atoms. The van der Waals surface area contributed by atoms with Gasteiger partial charge in [-0.1, -0.05) is 133 Å². The van der Waals surface area contributed by atoms with Crippen LogP contribution in [-0.4, -0.2) is 9.13 Å². The molecule has 2 aromatic heterocycles. The summed E-state index contributed by atoms with van der Waals surface area (Å²) in [5.41, 5.74) is 14.9. The van der Waals surface area contributed by atoms with Gasteiger partial charge < -0.3 is 9.13 Å². The van der Waals surface area contributed by atoms with Crippen molar-refractivity contribution in [3.05, 3.63) is 192 Å². The summed E-state index contributed by atoms with van der Waals surface area (Å²) in [5, 5.41) is 34.8. The molecule has 2 heterocycles. The Morgan fingerprint density at radius 2 is 0.765 bits per heavy atom. The molecule has 11 aromatic carbocycles. The van der Waals surface area contributed by atoms with E-state index in [9.17, 15) is 10.5 Å². The lowest BCUT2D eigenvalue weighted by Gasteiger charge is -2.31. The summed E-state index contributed by atoms with van der Waals surface area (Å²) in [6.07, 6.45) is 0. The Kier molecular flexibility index (Phi) is 8.23. The predicted octanol–water partition coefficient (Wildman–Crippen LogP) is 17.0. The molecule has 4 heteroatoms. The van der Waals surface area contributed by atoms with Gasteiger partial charge in [0.05, 0.1) is 45.3 Å². The van der Waals surface area contributed by atoms with Gasteiger partial charge in [0.25, 0.3) is 0 Å².